The molecule has 1 aliphatic carbocycles. The second kappa shape index (κ2) is 5.36. The largest absolute Gasteiger partial charge is 0.481 e. The summed E-state index contributed by atoms with van der Waals surface area (Å²) in [5, 5.41) is 2.68. The predicted octanol–water partition coefficient (Wildman–Crippen LogP) is 2.60. The van der Waals surface area contributed by atoms with E-state index in [9.17, 15) is 9.18 Å². The number of aryl methyl sites for hydroxylation is 1. The molecule has 0 atom stereocenters. The van der Waals surface area contributed by atoms with Gasteiger partial charge in [0.2, 0.25) is 17.7 Å². The van der Waals surface area contributed by atoms with E-state index in [1.807, 2.05) is 0 Å². The summed E-state index contributed by atoms with van der Waals surface area (Å²) in [7, 11) is 1.50. The van der Waals surface area contributed by atoms with Crippen molar-refractivity contribution in [3.63, 3.8) is 0 Å². The van der Waals surface area contributed by atoms with E-state index in [0.717, 1.165) is 0 Å². The van der Waals surface area contributed by atoms with Crippen molar-refractivity contribution in [2.45, 2.75) is 25.2 Å². The van der Waals surface area contributed by atoms with Gasteiger partial charge in [0.15, 0.2) is 0 Å². The molecule has 0 bridgehead atoms. The number of nitrogens with zero attached hydrogens (tertiary/aromatic N) is 2. The molecule has 1 amide bonds. The molecule has 1 aromatic carbocycles. The van der Waals surface area contributed by atoms with Crippen LogP contribution in [0.1, 0.15) is 24.1 Å². The Morgan fingerprint density at radius 2 is 2.05 bits per heavy atom. The van der Waals surface area contributed by atoms with E-state index in [1.165, 1.54) is 13.2 Å². The van der Waals surface area contributed by atoms with E-state index in [1.54, 1.807) is 31.2 Å². The third-order valence-electron chi connectivity index (χ3n) is 3.84. The van der Waals surface area contributed by atoms with E-state index in [4.69, 9.17) is 4.74 Å². The minimum Gasteiger partial charge on any atom is -0.481 e. The molecule has 1 aromatic heterocycles. The van der Waals surface area contributed by atoms with E-state index in [-0.39, 0.29) is 17.7 Å². The maximum Gasteiger partial charge on any atom is 0.237 e. The van der Waals surface area contributed by atoms with Crippen LogP contribution < -0.4 is 10.1 Å². The monoisotopic (exact) mass is 301 g/mol. The standard InChI is InChI=1S/C16H16FN3O2/c1-10-9-13(22-2)19-15(18-10)20-14(21)16(7-8-16)11-5-3-4-6-12(11)17/h3-6,9H,7-8H2,1-2H3,(H,18,19,20,21). The molecule has 2 aromatic rings. The number of nitrogens with one attached hydrogen (secondary N) is 1. The third-order valence-corrected chi connectivity index (χ3v) is 3.84. The molecule has 0 saturated heterocycles. The van der Waals surface area contributed by atoms with Crippen LogP contribution in [0.4, 0.5) is 10.3 Å². The molecule has 0 spiro atoms. The Hall–Kier alpha value is -2.50. The Kier molecular flexibility index (Phi) is 3.52. The number of methoxy groups -OCH3 is 1. The molecule has 1 heterocycles. The van der Waals surface area contributed by atoms with Gasteiger partial charge in [0, 0.05) is 17.3 Å². The van der Waals surface area contributed by atoms with Crippen molar-refractivity contribution in [1.82, 2.24) is 9.97 Å². The molecular weight excluding hydrogens is 285 g/mol. The molecule has 3 rings (SSSR count). The summed E-state index contributed by atoms with van der Waals surface area (Å²) < 4.78 is 19.0. The van der Waals surface area contributed by atoms with Crippen LogP contribution in [0.15, 0.2) is 30.3 Å². The molecular formula is C16H16FN3O2. The van der Waals surface area contributed by atoms with Gasteiger partial charge in [-0.3, -0.25) is 10.1 Å². The third kappa shape index (κ3) is 2.52. The Morgan fingerprint density at radius 3 is 2.68 bits per heavy atom. The first-order valence-electron chi connectivity index (χ1n) is 7.01. The lowest BCUT2D eigenvalue weighted by atomic mass is 9.94. The number of rotatable bonds is 4. The molecule has 114 valence electrons. The maximum absolute atomic E-state index is 14.0. The predicted molar refractivity (Wildman–Crippen MR) is 79.3 cm³/mol. The van der Waals surface area contributed by atoms with Crippen LogP contribution in [-0.2, 0) is 10.2 Å². The van der Waals surface area contributed by atoms with E-state index in [2.05, 4.69) is 15.3 Å². The minimum atomic E-state index is -0.814. The van der Waals surface area contributed by atoms with Crippen molar-refractivity contribution >= 4 is 11.9 Å². The van der Waals surface area contributed by atoms with E-state index < -0.39 is 5.41 Å². The van der Waals surface area contributed by atoms with Crippen LogP contribution in [0.2, 0.25) is 0 Å². The summed E-state index contributed by atoms with van der Waals surface area (Å²) in [6.07, 6.45) is 1.23. The number of hydrogen-bond donors (Lipinski definition) is 1. The van der Waals surface area contributed by atoms with Gasteiger partial charge in [-0.15, -0.1) is 0 Å². The quantitative estimate of drug-likeness (QED) is 0.943. The highest BCUT2D eigenvalue weighted by atomic mass is 19.1. The van der Waals surface area contributed by atoms with Crippen LogP contribution in [0, 0.1) is 12.7 Å². The van der Waals surface area contributed by atoms with Gasteiger partial charge >= 0.3 is 0 Å². The number of carbonyl (C=O) groups is 1. The highest BCUT2D eigenvalue weighted by molar-refractivity contribution is 6.00. The molecule has 6 heteroatoms. The van der Waals surface area contributed by atoms with Gasteiger partial charge in [-0.25, -0.2) is 9.37 Å². The van der Waals surface area contributed by atoms with Crippen molar-refractivity contribution in [3.8, 4) is 5.88 Å². The van der Waals surface area contributed by atoms with Crippen molar-refractivity contribution in [3.05, 3.63) is 47.4 Å². The second-order valence-electron chi connectivity index (χ2n) is 5.39. The zero-order valence-electron chi connectivity index (χ0n) is 12.4. The Morgan fingerprint density at radius 1 is 1.32 bits per heavy atom. The first kappa shape index (κ1) is 14.4. The molecule has 1 N–H and O–H groups in total. The number of aromatic nitrogens is 2. The van der Waals surface area contributed by atoms with Crippen LogP contribution in [0.3, 0.4) is 0 Å². The van der Waals surface area contributed by atoms with Gasteiger partial charge < -0.3 is 4.74 Å². The lowest BCUT2D eigenvalue weighted by molar-refractivity contribution is -0.118. The fourth-order valence-corrected chi connectivity index (χ4v) is 2.51. The second-order valence-corrected chi connectivity index (χ2v) is 5.39. The number of ether oxygens (including phenoxy) is 1. The molecule has 5 nitrogen and oxygen atoms in total. The molecule has 0 unspecified atom stereocenters. The molecule has 1 saturated carbocycles. The summed E-state index contributed by atoms with van der Waals surface area (Å²) in [5.41, 5.74) is 0.288. The summed E-state index contributed by atoms with van der Waals surface area (Å²) in [6.45, 7) is 1.78. The van der Waals surface area contributed by atoms with Crippen LogP contribution in [0.25, 0.3) is 0 Å². The van der Waals surface area contributed by atoms with Crippen LogP contribution in [-0.4, -0.2) is 23.0 Å². The molecule has 22 heavy (non-hydrogen) atoms. The van der Waals surface area contributed by atoms with Crippen LogP contribution >= 0.6 is 0 Å². The Labute approximate surface area is 127 Å². The Bertz CT molecular complexity index is 729. The fraction of sp³-hybridized carbons (Fsp3) is 0.312. The van der Waals surface area contributed by atoms with Crippen molar-refractivity contribution < 1.29 is 13.9 Å². The summed E-state index contributed by atoms with van der Waals surface area (Å²) in [6, 6.07) is 8.03. The van der Waals surface area contributed by atoms with Crippen molar-refractivity contribution in [2.75, 3.05) is 12.4 Å². The lowest BCUT2D eigenvalue weighted by Crippen LogP contribution is -2.29. The van der Waals surface area contributed by atoms with Crippen molar-refractivity contribution in [1.29, 1.82) is 0 Å². The topological polar surface area (TPSA) is 64.1 Å². The average Bonchev–Trinajstić information content (AvgIpc) is 3.28. The number of benzene rings is 1. The van der Waals surface area contributed by atoms with Gasteiger partial charge in [-0.05, 0) is 25.8 Å². The summed E-state index contributed by atoms with van der Waals surface area (Å²) in [5.74, 6) is -0.105. The minimum absolute atomic E-state index is 0.171. The number of hydrogen-bond acceptors (Lipinski definition) is 4. The number of anilines is 1. The molecule has 0 aliphatic heterocycles. The maximum atomic E-state index is 14.0. The number of halogens is 1. The molecule has 0 radical (unpaired) electrons. The van der Waals surface area contributed by atoms with Crippen LogP contribution in [0.5, 0.6) is 5.88 Å². The summed E-state index contributed by atoms with van der Waals surface area (Å²) in [4.78, 5) is 20.8. The zero-order chi connectivity index (χ0) is 15.7. The average molecular weight is 301 g/mol. The SMILES string of the molecule is COc1cc(C)nc(NC(=O)C2(c3ccccc3F)CC2)n1. The highest BCUT2D eigenvalue weighted by Gasteiger charge is 2.52. The Balaban J connectivity index is 1.86. The van der Waals surface area contributed by atoms with Gasteiger partial charge in [0.25, 0.3) is 0 Å². The van der Waals surface area contributed by atoms with E-state index >= 15 is 0 Å². The lowest BCUT2D eigenvalue weighted by Gasteiger charge is -2.16. The number of carbonyl (C=O) groups excluding carboxylic acids is 1. The first-order chi connectivity index (χ1) is 10.5. The fourth-order valence-electron chi connectivity index (χ4n) is 2.51. The first-order valence-corrected chi connectivity index (χ1v) is 7.01. The normalized spacial score (nSPS) is 15.2. The number of amides is 1. The zero-order valence-corrected chi connectivity index (χ0v) is 12.4. The molecule has 1 aliphatic rings. The van der Waals surface area contributed by atoms with Gasteiger partial charge in [0.1, 0.15) is 5.82 Å². The molecule has 1 fully saturated rings. The van der Waals surface area contributed by atoms with Gasteiger partial charge in [-0.1, -0.05) is 18.2 Å². The van der Waals surface area contributed by atoms with E-state index in [0.29, 0.717) is 30.0 Å². The van der Waals surface area contributed by atoms with Crippen molar-refractivity contribution in [2.24, 2.45) is 0 Å². The summed E-state index contributed by atoms with van der Waals surface area (Å²) >= 11 is 0. The highest BCUT2D eigenvalue weighted by Crippen LogP contribution is 2.49. The van der Waals surface area contributed by atoms with Gasteiger partial charge in [-0.2, -0.15) is 4.98 Å². The smallest absolute Gasteiger partial charge is 0.237 e. The van der Waals surface area contributed by atoms with Gasteiger partial charge in [0.05, 0.1) is 12.5 Å².